The van der Waals surface area contributed by atoms with Crippen LogP contribution in [0, 0.1) is 0 Å². The van der Waals surface area contributed by atoms with Crippen LogP contribution in [-0.2, 0) is 9.16 Å². The summed E-state index contributed by atoms with van der Waals surface area (Å²) < 4.78 is 10.8. The molecule has 5 nitrogen and oxygen atoms in total. The minimum atomic E-state index is -1.74. The molecule has 0 aliphatic rings. The van der Waals surface area contributed by atoms with Crippen LogP contribution in [0.25, 0.3) is 0 Å². The van der Waals surface area contributed by atoms with E-state index in [9.17, 15) is 4.79 Å². The van der Waals surface area contributed by atoms with Crippen molar-refractivity contribution in [3.8, 4) is 0 Å². The Hall–Kier alpha value is -0.503. The van der Waals surface area contributed by atoms with Gasteiger partial charge in [0.05, 0.1) is 6.61 Å². The van der Waals surface area contributed by atoms with E-state index in [1.165, 1.54) is 6.08 Å². The molecule has 0 aromatic carbocycles. The second-order valence-electron chi connectivity index (χ2n) is 6.13. The number of hydrogen-bond acceptors (Lipinski definition) is 4. The van der Waals surface area contributed by atoms with E-state index in [1.54, 1.807) is 0 Å². The van der Waals surface area contributed by atoms with Crippen molar-refractivity contribution in [1.29, 1.82) is 0 Å². The molecule has 0 rings (SSSR count). The van der Waals surface area contributed by atoms with Crippen molar-refractivity contribution in [3.63, 3.8) is 0 Å². The number of ether oxygens (including phenoxy) is 1. The van der Waals surface area contributed by atoms with Crippen LogP contribution in [0.4, 0.5) is 4.79 Å². The van der Waals surface area contributed by atoms with E-state index in [1.807, 2.05) is 6.92 Å². The smallest absolute Gasteiger partial charge is 0.421 e. The summed E-state index contributed by atoms with van der Waals surface area (Å²) in [4.78, 5) is 11.2. The van der Waals surface area contributed by atoms with Crippen LogP contribution < -0.4 is 10.9 Å². The molecule has 0 aliphatic carbocycles. The largest absolute Gasteiger partial charge is 0.444 e. The summed E-state index contributed by atoms with van der Waals surface area (Å²) in [5, 5.41) is 0.184. The fourth-order valence-corrected chi connectivity index (χ4v) is 2.04. The van der Waals surface area contributed by atoms with Gasteiger partial charge in [0, 0.05) is 6.04 Å². The maximum absolute atomic E-state index is 11.2. The van der Waals surface area contributed by atoms with Gasteiger partial charge in [0.2, 0.25) is 0 Å². The highest BCUT2D eigenvalue weighted by molar-refractivity contribution is 7.59. The second-order valence-corrected chi connectivity index (χ2v) is 10.9. The minimum Gasteiger partial charge on any atom is -0.444 e. The van der Waals surface area contributed by atoms with E-state index in [2.05, 4.69) is 51.3 Å². The average Bonchev–Trinajstić information content (AvgIpc) is 2.29. The molecule has 0 aromatic rings. The van der Waals surface area contributed by atoms with Crippen molar-refractivity contribution in [1.82, 2.24) is 10.9 Å². The van der Waals surface area contributed by atoms with Crippen molar-refractivity contribution in [2.75, 3.05) is 13.2 Å². The first-order valence-corrected chi connectivity index (χ1v) is 9.44. The lowest BCUT2D eigenvalue weighted by atomic mass is 10.2. The van der Waals surface area contributed by atoms with Gasteiger partial charge in [-0.15, -0.1) is 0 Å². The van der Waals surface area contributed by atoms with E-state index in [0.29, 0.717) is 6.61 Å². The van der Waals surface area contributed by atoms with Gasteiger partial charge in [-0.2, -0.15) is 13.5 Å². The van der Waals surface area contributed by atoms with Gasteiger partial charge in [0.15, 0.2) is 8.32 Å². The lowest BCUT2D eigenvalue weighted by molar-refractivity contribution is 0.147. The molecule has 1 amide bonds. The van der Waals surface area contributed by atoms with Crippen LogP contribution in [0.15, 0.2) is 12.7 Å². The summed E-state index contributed by atoms with van der Waals surface area (Å²) in [5.74, 6) is 0. The molecular weight excluding hydrogens is 292 g/mol. The lowest BCUT2D eigenvalue weighted by Gasteiger charge is -2.37. The van der Waals surface area contributed by atoms with E-state index >= 15 is 0 Å². The molecule has 0 saturated carbocycles. The van der Waals surface area contributed by atoms with Crippen molar-refractivity contribution >= 4 is 27.9 Å². The Labute approximate surface area is 131 Å². The van der Waals surface area contributed by atoms with Gasteiger partial charge < -0.3 is 9.16 Å². The number of carbonyl (C=O) groups is 1. The summed E-state index contributed by atoms with van der Waals surface area (Å²) in [6.45, 7) is 17.2. The molecule has 0 heterocycles. The first kappa shape index (κ1) is 21.8. The minimum absolute atomic E-state index is 0. The Kier molecular flexibility index (Phi) is 10.3. The number of carbonyl (C=O) groups excluding carboxylic acids is 1. The van der Waals surface area contributed by atoms with Gasteiger partial charge in [-0.3, -0.25) is 5.43 Å². The van der Waals surface area contributed by atoms with Crippen LogP contribution in [-0.4, -0.2) is 33.7 Å². The maximum Gasteiger partial charge on any atom is 0.421 e. The molecule has 0 bridgehead atoms. The molecule has 20 heavy (non-hydrogen) atoms. The first-order chi connectivity index (χ1) is 8.60. The molecule has 0 fully saturated rings. The van der Waals surface area contributed by atoms with E-state index in [0.717, 1.165) is 0 Å². The molecule has 0 saturated heterocycles. The van der Waals surface area contributed by atoms with E-state index in [4.69, 9.17) is 9.16 Å². The van der Waals surface area contributed by atoms with Crippen molar-refractivity contribution < 1.29 is 14.0 Å². The number of hydrogen-bond donors (Lipinski definition) is 2. The van der Waals surface area contributed by atoms with Crippen molar-refractivity contribution in [2.24, 2.45) is 0 Å². The Morgan fingerprint density at radius 3 is 2.40 bits per heavy atom. The quantitative estimate of drug-likeness (QED) is 0.430. The second kappa shape index (κ2) is 9.44. The van der Waals surface area contributed by atoms with Gasteiger partial charge in [-0.05, 0) is 25.1 Å². The first-order valence-electron chi connectivity index (χ1n) is 6.53. The predicted molar refractivity (Wildman–Crippen MR) is 90.8 cm³/mol. The summed E-state index contributed by atoms with van der Waals surface area (Å²) in [6.07, 6.45) is 1.00. The Morgan fingerprint density at radius 1 is 1.40 bits per heavy atom. The average molecular weight is 323 g/mol. The van der Waals surface area contributed by atoms with Gasteiger partial charge in [0.1, 0.15) is 6.61 Å². The number of amides is 1. The Balaban J connectivity index is 0. The summed E-state index contributed by atoms with van der Waals surface area (Å²) >= 11 is 0. The number of hydrazine groups is 1. The highest BCUT2D eigenvalue weighted by atomic mass is 32.1. The molecule has 0 aliphatic heterocycles. The van der Waals surface area contributed by atoms with Crippen LogP contribution in [0.2, 0.25) is 18.1 Å². The molecule has 2 N–H and O–H groups in total. The third-order valence-corrected chi connectivity index (χ3v) is 7.75. The highest BCUT2D eigenvalue weighted by Gasteiger charge is 2.37. The van der Waals surface area contributed by atoms with Crippen molar-refractivity contribution in [2.45, 2.75) is 51.9 Å². The fourth-order valence-electron chi connectivity index (χ4n) is 0.944. The normalized spacial score (nSPS) is 13.1. The predicted octanol–water partition coefficient (Wildman–Crippen LogP) is 2.93. The van der Waals surface area contributed by atoms with Crippen molar-refractivity contribution in [3.05, 3.63) is 12.7 Å². The number of nitrogens with one attached hydrogen (secondary N) is 2. The molecule has 120 valence electrons. The van der Waals surface area contributed by atoms with Gasteiger partial charge in [-0.1, -0.05) is 33.4 Å². The third-order valence-electron chi connectivity index (χ3n) is 3.25. The molecule has 0 aromatic heterocycles. The zero-order valence-electron chi connectivity index (χ0n) is 13.5. The zero-order chi connectivity index (χ0) is 15.1. The standard InChI is InChI=1S/C13H28N2O3Si.H2S/c1-8-9-17-12(16)15-14-11(2)10-18-19(6,7)13(3,4)5;/h8,11,14H,1,9-10H2,2-7H3,(H,15,16);1H2/t11-;/m0./s1. The van der Waals surface area contributed by atoms with E-state index in [-0.39, 0.29) is 31.2 Å². The monoisotopic (exact) mass is 322 g/mol. The molecule has 0 radical (unpaired) electrons. The van der Waals surface area contributed by atoms with Crippen LogP contribution in [0.5, 0.6) is 0 Å². The zero-order valence-corrected chi connectivity index (χ0v) is 15.5. The fraction of sp³-hybridized carbons (Fsp3) is 0.769. The van der Waals surface area contributed by atoms with Crippen LogP contribution >= 0.6 is 13.5 Å². The van der Waals surface area contributed by atoms with Gasteiger partial charge >= 0.3 is 6.09 Å². The SMILES string of the molecule is C=CCOC(=O)NN[C@@H](C)CO[Si](C)(C)C(C)(C)C.S. The van der Waals surface area contributed by atoms with Crippen LogP contribution in [0.3, 0.4) is 0 Å². The Morgan fingerprint density at radius 2 is 1.95 bits per heavy atom. The summed E-state index contributed by atoms with van der Waals surface area (Å²) in [6, 6.07) is 0.0189. The Bertz CT molecular complexity index is 306. The molecule has 7 heteroatoms. The highest BCUT2D eigenvalue weighted by Crippen LogP contribution is 2.36. The molecule has 1 atom stereocenters. The summed E-state index contributed by atoms with van der Waals surface area (Å²) in [5.41, 5.74) is 5.32. The molecule has 0 unspecified atom stereocenters. The van der Waals surface area contributed by atoms with Crippen LogP contribution in [0.1, 0.15) is 27.7 Å². The molecule has 0 spiro atoms. The van der Waals surface area contributed by atoms with Gasteiger partial charge in [-0.25, -0.2) is 10.2 Å². The third kappa shape index (κ3) is 8.62. The lowest BCUT2D eigenvalue weighted by Crippen LogP contribution is -2.48. The van der Waals surface area contributed by atoms with E-state index < -0.39 is 14.4 Å². The number of rotatable bonds is 7. The summed E-state index contributed by atoms with van der Waals surface area (Å²) in [7, 11) is -1.74. The molecular formula is C13H30N2O3SSi. The maximum atomic E-state index is 11.2. The van der Waals surface area contributed by atoms with Gasteiger partial charge in [0.25, 0.3) is 0 Å². The topological polar surface area (TPSA) is 59.6 Å².